The number of hydrogen-bond donors (Lipinski definition) is 2. The van der Waals surface area contributed by atoms with Crippen molar-refractivity contribution in [1.29, 1.82) is 0 Å². The Kier molecular flexibility index (Phi) is 6.22. The zero-order valence-electron chi connectivity index (χ0n) is 13.3. The number of benzene rings is 2. The first-order chi connectivity index (χ1) is 11.7. The first-order valence-electron chi connectivity index (χ1n) is 7.18. The van der Waals surface area contributed by atoms with E-state index in [2.05, 4.69) is 10.0 Å². The number of carbonyl (C=O) groups is 1. The van der Waals surface area contributed by atoms with E-state index < -0.39 is 15.8 Å². The van der Waals surface area contributed by atoms with Crippen molar-refractivity contribution in [2.24, 2.45) is 0 Å². The molecule has 2 rings (SSSR count). The molecule has 9 heteroatoms. The summed E-state index contributed by atoms with van der Waals surface area (Å²) in [5.41, 5.74) is 0.915. The SMILES string of the molecule is CS(=O)(=O)Nc1ccc(NC(=O)CCOc2ccc(F)cc2Cl)cc1. The van der Waals surface area contributed by atoms with Crippen LogP contribution in [0, 0.1) is 5.82 Å². The summed E-state index contributed by atoms with van der Waals surface area (Å²) in [5, 5.41) is 2.79. The Morgan fingerprint density at radius 1 is 1.16 bits per heavy atom. The number of halogens is 2. The maximum atomic E-state index is 12.9. The van der Waals surface area contributed by atoms with Crippen molar-refractivity contribution in [2.75, 3.05) is 22.9 Å². The van der Waals surface area contributed by atoms with Gasteiger partial charge in [0.2, 0.25) is 15.9 Å². The second-order valence-corrected chi connectivity index (χ2v) is 7.33. The molecule has 0 fully saturated rings. The first-order valence-corrected chi connectivity index (χ1v) is 9.45. The van der Waals surface area contributed by atoms with Crippen LogP contribution in [0.5, 0.6) is 5.75 Å². The Bertz CT molecular complexity index is 857. The summed E-state index contributed by atoms with van der Waals surface area (Å²) < 4.78 is 42.8. The van der Waals surface area contributed by atoms with Crippen LogP contribution in [-0.2, 0) is 14.8 Å². The van der Waals surface area contributed by atoms with E-state index in [0.717, 1.165) is 12.3 Å². The van der Waals surface area contributed by atoms with E-state index in [9.17, 15) is 17.6 Å². The molecule has 25 heavy (non-hydrogen) atoms. The maximum Gasteiger partial charge on any atom is 0.229 e. The molecule has 0 saturated carbocycles. The number of sulfonamides is 1. The van der Waals surface area contributed by atoms with Gasteiger partial charge in [0.25, 0.3) is 0 Å². The topological polar surface area (TPSA) is 84.5 Å². The van der Waals surface area contributed by atoms with E-state index in [1.165, 1.54) is 24.3 Å². The average Bonchev–Trinajstić information content (AvgIpc) is 2.50. The Morgan fingerprint density at radius 2 is 1.80 bits per heavy atom. The van der Waals surface area contributed by atoms with Crippen molar-refractivity contribution in [2.45, 2.75) is 6.42 Å². The molecule has 0 heterocycles. The van der Waals surface area contributed by atoms with Gasteiger partial charge in [0, 0.05) is 11.4 Å². The van der Waals surface area contributed by atoms with Crippen LogP contribution < -0.4 is 14.8 Å². The predicted molar refractivity (Wildman–Crippen MR) is 95.1 cm³/mol. The van der Waals surface area contributed by atoms with Crippen LogP contribution in [0.1, 0.15) is 6.42 Å². The van der Waals surface area contributed by atoms with Gasteiger partial charge in [-0.05, 0) is 42.5 Å². The molecule has 0 spiro atoms. The first kappa shape index (κ1) is 19.0. The fourth-order valence-corrected chi connectivity index (χ4v) is 2.69. The summed E-state index contributed by atoms with van der Waals surface area (Å²) in [6, 6.07) is 9.95. The Hall–Kier alpha value is -2.32. The summed E-state index contributed by atoms with van der Waals surface area (Å²) in [4.78, 5) is 11.9. The van der Waals surface area contributed by atoms with Gasteiger partial charge in [-0.1, -0.05) is 11.6 Å². The van der Waals surface area contributed by atoms with Gasteiger partial charge in [-0.2, -0.15) is 0 Å². The molecule has 0 radical (unpaired) electrons. The average molecular weight is 387 g/mol. The Labute approximate surface area is 150 Å². The van der Waals surface area contributed by atoms with Crippen molar-refractivity contribution in [1.82, 2.24) is 0 Å². The number of carbonyl (C=O) groups excluding carboxylic acids is 1. The van der Waals surface area contributed by atoms with Crippen molar-refractivity contribution >= 4 is 38.9 Å². The van der Waals surface area contributed by atoms with Gasteiger partial charge >= 0.3 is 0 Å². The predicted octanol–water partition coefficient (Wildman–Crippen LogP) is 3.26. The summed E-state index contributed by atoms with van der Waals surface area (Å²) in [7, 11) is -3.35. The molecule has 6 nitrogen and oxygen atoms in total. The molecule has 0 aliphatic rings. The normalized spacial score (nSPS) is 11.0. The number of nitrogens with one attached hydrogen (secondary N) is 2. The fourth-order valence-electron chi connectivity index (χ4n) is 1.91. The molecule has 0 aliphatic carbocycles. The van der Waals surface area contributed by atoms with Crippen molar-refractivity contribution in [3.8, 4) is 5.75 Å². The Morgan fingerprint density at radius 3 is 2.40 bits per heavy atom. The molecule has 2 N–H and O–H groups in total. The molecule has 0 aliphatic heterocycles. The zero-order valence-corrected chi connectivity index (χ0v) is 14.8. The third kappa shape index (κ3) is 6.60. The zero-order chi connectivity index (χ0) is 18.4. The number of rotatable bonds is 7. The second-order valence-electron chi connectivity index (χ2n) is 5.17. The van der Waals surface area contributed by atoms with Gasteiger partial charge in [-0.25, -0.2) is 12.8 Å². The molecular formula is C16H16ClFN2O4S. The molecule has 0 aromatic heterocycles. The van der Waals surface area contributed by atoms with E-state index >= 15 is 0 Å². The van der Waals surface area contributed by atoms with Gasteiger partial charge in [0.05, 0.1) is 24.3 Å². The van der Waals surface area contributed by atoms with E-state index in [-0.39, 0.29) is 24.0 Å². The highest BCUT2D eigenvalue weighted by Crippen LogP contribution is 2.25. The van der Waals surface area contributed by atoms with Crippen LogP contribution in [0.4, 0.5) is 15.8 Å². The van der Waals surface area contributed by atoms with Gasteiger partial charge < -0.3 is 10.1 Å². The molecule has 2 aromatic carbocycles. The lowest BCUT2D eigenvalue weighted by Gasteiger charge is -2.09. The lowest BCUT2D eigenvalue weighted by molar-refractivity contribution is -0.116. The summed E-state index contributed by atoms with van der Waals surface area (Å²) in [5.74, 6) is -0.460. The summed E-state index contributed by atoms with van der Waals surface area (Å²) in [6.45, 7) is 0.0743. The third-order valence-corrected chi connectivity index (χ3v) is 3.85. The van der Waals surface area contributed by atoms with Crippen LogP contribution in [0.3, 0.4) is 0 Å². The van der Waals surface area contributed by atoms with Gasteiger partial charge in [-0.15, -0.1) is 0 Å². The molecular weight excluding hydrogens is 371 g/mol. The summed E-state index contributed by atoms with van der Waals surface area (Å²) >= 11 is 5.82. The van der Waals surface area contributed by atoms with E-state index in [1.807, 2.05) is 0 Å². The lowest BCUT2D eigenvalue weighted by Crippen LogP contribution is -2.15. The van der Waals surface area contributed by atoms with Crippen LogP contribution in [-0.4, -0.2) is 27.2 Å². The third-order valence-electron chi connectivity index (χ3n) is 2.95. The largest absolute Gasteiger partial charge is 0.491 e. The molecule has 0 bridgehead atoms. The van der Waals surface area contributed by atoms with Crippen LogP contribution in [0.25, 0.3) is 0 Å². The number of hydrogen-bond acceptors (Lipinski definition) is 4. The highest BCUT2D eigenvalue weighted by molar-refractivity contribution is 7.92. The minimum absolute atomic E-state index is 0.0665. The van der Waals surface area contributed by atoms with Crippen molar-refractivity contribution in [3.05, 3.63) is 53.3 Å². The number of anilines is 2. The molecule has 1 amide bonds. The lowest BCUT2D eigenvalue weighted by atomic mass is 10.3. The van der Waals surface area contributed by atoms with E-state index in [4.69, 9.17) is 16.3 Å². The molecule has 134 valence electrons. The smallest absolute Gasteiger partial charge is 0.229 e. The highest BCUT2D eigenvalue weighted by Gasteiger charge is 2.07. The minimum Gasteiger partial charge on any atom is -0.491 e. The minimum atomic E-state index is -3.35. The van der Waals surface area contributed by atoms with Crippen LogP contribution >= 0.6 is 11.6 Å². The molecule has 0 unspecified atom stereocenters. The van der Waals surface area contributed by atoms with Gasteiger partial charge in [0.1, 0.15) is 11.6 Å². The molecule has 0 saturated heterocycles. The fraction of sp³-hybridized carbons (Fsp3) is 0.188. The Balaban J connectivity index is 1.82. The van der Waals surface area contributed by atoms with E-state index in [1.54, 1.807) is 12.1 Å². The highest BCUT2D eigenvalue weighted by atomic mass is 35.5. The van der Waals surface area contributed by atoms with Gasteiger partial charge in [-0.3, -0.25) is 9.52 Å². The van der Waals surface area contributed by atoms with E-state index in [0.29, 0.717) is 17.1 Å². The van der Waals surface area contributed by atoms with Gasteiger partial charge in [0.15, 0.2) is 0 Å². The monoisotopic (exact) mass is 386 g/mol. The van der Waals surface area contributed by atoms with Crippen LogP contribution in [0.2, 0.25) is 5.02 Å². The molecule has 0 atom stereocenters. The maximum absolute atomic E-state index is 12.9. The summed E-state index contributed by atoms with van der Waals surface area (Å²) in [6.07, 6.45) is 1.12. The number of amides is 1. The second kappa shape index (κ2) is 8.17. The quantitative estimate of drug-likeness (QED) is 0.765. The van der Waals surface area contributed by atoms with Crippen molar-refractivity contribution in [3.63, 3.8) is 0 Å². The van der Waals surface area contributed by atoms with Crippen LogP contribution in [0.15, 0.2) is 42.5 Å². The van der Waals surface area contributed by atoms with Crippen molar-refractivity contribution < 1.29 is 22.3 Å². The molecule has 2 aromatic rings. The standard InChI is InChI=1S/C16H16ClFN2O4S/c1-25(22,23)20-13-5-3-12(4-6-13)19-16(21)8-9-24-15-7-2-11(18)10-14(15)17/h2-7,10,20H,8-9H2,1H3,(H,19,21). The number of ether oxygens (including phenoxy) is 1.